The number of aromatic nitrogens is 3. The van der Waals surface area contributed by atoms with Crippen molar-refractivity contribution in [1.82, 2.24) is 15.2 Å². The van der Waals surface area contributed by atoms with E-state index in [1.807, 2.05) is 30.3 Å². The molecule has 1 aromatic heterocycles. The standard InChI is InChI=1S/C15H11Cl2N5/c16-10-5-7-11(8-6-10)19-15-21-14(9-18-22-15)20-13-4-2-1-3-12(13)17/h1-9H,(H2,19,20,21,22). The molecule has 0 aliphatic heterocycles. The summed E-state index contributed by atoms with van der Waals surface area (Å²) in [6.07, 6.45) is 1.52. The Bertz CT molecular complexity index is 777. The lowest BCUT2D eigenvalue weighted by Gasteiger charge is -2.08. The lowest BCUT2D eigenvalue weighted by atomic mass is 10.3. The maximum Gasteiger partial charge on any atom is 0.249 e. The molecule has 0 aliphatic carbocycles. The zero-order valence-corrected chi connectivity index (χ0v) is 12.8. The molecule has 22 heavy (non-hydrogen) atoms. The number of benzene rings is 2. The van der Waals surface area contributed by atoms with Gasteiger partial charge < -0.3 is 10.6 Å². The van der Waals surface area contributed by atoms with Crippen molar-refractivity contribution in [2.45, 2.75) is 0 Å². The van der Waals surface area contributed by atoms with Crippen LogP contribution in [0.3, 0.4) is 0 Å². The molecule has 0 atom stereocenters. The van der Waals surface area contributed by atoms with Crippen LogP contribution >= 0.6 is 23.2 Å². The molecule has 0 bridgehead atoms. The second-order valence-corrected chi connectivity index (χ2v) is 5.25. The largest absolute Gasteiger partial charge is 0.338 e. The number of rotatable bonds is 4. The zero-order chi connectivity index (χ0) is 15.4. The molecule has 2 N–H and O–H groups in total. The molecule has 3 rings (SSSR count). The SMILES string of the molecule is Clc1ccc(Nc2nncc(Nc3ccccc3Cl)n2)cc1. The van der Waals surface area contributed by atoms with Gasteiger partial charge >= 0.3 is 0 Å². The number of nitrogens with one attached hydrogen (secondary N) is 2. The number of hydrogen-bond donors (Lipinski definition) is 2. The van der Waals surface area contributed by atoms with E-state index in [0.29, 0.717) is 21.8 Å². The Kier molecular flexibility index (Phi) is 4.37. The highest BCUT2D eigenvalue weighted by atomic mass is 35.5. The van der Waals surface area contributed by atoms with Crippen molar-refractivity contribution in [3.8, 4) is 0 Å². The lowest BCUT2D eigenvalue weighted by Crippen LogP contribution is -2.02. The number of hydrogen-bond acceptors (Lipinski definition) is 5. The molecule has 0 saturated heterocycles. The summed E-state index contributed by atoms with van der Waals surface area (Å²) in [5.74, 6) is 0.916. The highest BCUT2D eigenvalue weighted by Crippen LogP contribution is 2.24. The third-order valence-corrected chi connectivity index (χ3v) is 3.38. The Morgan fingerprint density at radius 2 is 1.64 bits per heavy atom. The maximum absolute atomic E-state index is 6.10. The summed E-state index contributed by atoms with van der Waals surface area (Å²) >= 11 is 12.0. The molecule has 7 heteroatoms. The minimum absolute atomic E-state index is 0.374. The molecule has 110 valence electrons. The Morgan fingerprint density at radius 1 is 0.864 bits per heavy atom. The van der Waals surface area contributed by atoms with Gasteiger partial charge in [-0.15, -0.1) is 5.10 Å². The lowest BCUT2D eigenvalue weighted by molar-refractivity contribution is 0.982. The Labute approximate surface area is 137 Å². The normalized spacial score (nSPS) is 10.3. The van der Waals surface area contributed by atoms with Gasteiger partial charge in [0, 0.05) is 10.7 Å². The number of halogens is 2. The predicted octanol–water partition coefficient (Wildman–Crippen LogP) is 4.67. The molecule has 0 radical (unpaired) electrons. The van der Waals surface area contributed by atoms with Crippen LogP contribution in [-0.2, 0) is 0 Å². The van der Waals surface area contributed by atoms with Crippen molar-refractivity contribution in [2.75, 3.05) is 10.6 Å². The van der Waals surface area contributed by atoms with Gasteiger partial charge in [0.25, 0.3) is 0 Å². The molecule has 0 spiro atoms. The number of nitrogens with zero attached hydrogens (tertiary/aromatic N) is 3. The first-order chi connectivity index (χ1) is 10.7. The van der Waals surface area contributed by atoms with Crippen LogP contribution in [0.2, 0.25) is 10.0 Å². The smallest absolute Gasteiger partial charge is 0.249 e. The first kappa shape index (κ1) is 14.6. The van der Waals surface area contributed by atoms with Gasteiger partial charge in [0.05, 0.1) is 16.9 Å². The summed E-state index contributed by atoms with van der Waals surface area (Å²) < 4.78 is 0. The van der Waals surface area contributed by atoms with Gasteiger partial charge in [-0.05, 0) is 36.4 Å². The highest BCUT2D eigenvalue weighted by Gasteiger charge is 2.04. The van der Waals surface area contributed by atoms with Crippen LogP contribution in [0.5, 0.6) is 0 Å². The molecule has 0 saturated carbocycles. The fourth-order valence-corrected chi connectivity index (χ4v) is 2.09. The minimum Gasteiger partial charge on any atom is -0.338 e. The summed E-state index contributed by atoms with van der Waals surface area (Å²) in [7, 11) is 0. The van der Waals surface area contributed by atoms with Crippen molar-refractivity contribution in [1.29, 1.82) is 0 Å². The fourth-order valence-electron chi connectivity index (χ4n) is 1.78. The summed E-state index contributed by atoms with van der Waals surface area (Å²) in [6, 6.07) is 14.6. The average molecular weight is 332 g/mol. The fraction of sp³-hybridized carbons (Fsp3) is 0. The van der Waals surface area contributed by atoms with Crippen LogP contribution < -0.4 is 10.6 Å². The van der Waals surface area contributed by atoms with E-state index in [0.717, 1.165) is 11.4 Å². The quantitative estimate of drug-likeness (QED) is 0.727. The van der Waals surface area contributed by atoms with Crippen LogP contribution in [0.25, 0.3) is 0 Å². The summed E-state index contributed by atoms with van der Waals surface area (Å²) in [5.41, 5.74) is 1.57. The number of para-hydroxylation sites is 1. The third kappa shape index (κ3) is 3.63. The van der Waals surface area contributed by atoms with Crippen LogP contribution in [-0.4, -0.2) is 15.2 Å². The Morgan fingerprint density at radius 3 is 2.41 bits per heavy atom. The summed E-state index contributed by atoms with van der Waals surface area (Å²) in [6.45, 7) is 0. The van der Waals surface area contributed by atoms with Crippen molar-refractivity contribution in [3.05, 3.63) is 64.8 Å². The van der Waals surface area contributed by atoms with E-state index in [1.165, 1.54) is 6.20 Å². The van der Waals surface area contributed by atoms with Crippen molar-refractivity contribution in [3.63, 3.8) is 0 Å². The van der Waals surface area contributed by atoms with Crippen molar-refractivity contribution >= 4 is 46.3 Å². The molecule has 0 unspecified atom stereocenters. The van der Waals surface area contributed by atoms with Gasteiger partial charge in [-0.1, -0.05) is 35.3 Å². The van der Waals surface area contributed by atoms with Crippen LogP contribution in [0, 0.1) is 0 Å². The molecule has 0 amide bonds. The Hall–Kier alpha value is -2.37. The maximum atomic E-state index is 6.10. The first-order valence-corrected chi connectivity index (χ1v) is 7.20. The van der Waals surface area contributed by atoms with Gasteiger partial charge in [-0.25, -0.2) is 0 Å². The summed E-state index contributed by atoms with van der Waals surface area (Å²) in [4.78, 5) is 4.34. The monoisotopic (exact) mass is 331 g/mol. The Balaban J connectivity index is 1.78. The van der Waals surface area contributed by atoms with Gasteiger partial charge in [0.15, 0.2) is 5.82 Å². The second-order valence-electron chi connectivity index (χ2n) is 4.40. The zero-order valence-electron chi connectivity index (χ0n) is 11.3. The molecule has 0 aliphatic rings. The van der Waals surface area contributed by atoms with E-state index in [1.54, 1.807) is 18.2 Å². The van der Waals surface area contributed by atoms with Crippen LogP contribution in [0.15, 0.2) is 54.7 Å². The number of anilines is 4. The third-order valence-electron chi connectivity index (χ3n) is 2.80. The molecule has 3 aromatic rings. The van der Waals surface area contributed by atoms with E-state index >= 15 is 0 Å². The van der Waals surface area contributed by atoms with E-state index in [-0.39, 0.29) is 0 Å². The van der Waals surface area contributed by atoms with E-state index in [2.05, 4.69) is 25.8 Å². The average Bonchev–Trinajstić information content (AvgIpc) is 2.52. The predicted molar refractivity (Wildman–Crippen MR) is 89.3 cm³/mol. The molecule has 2 aromatic carbocycles. The van der Waals surface area contributed by atoms with E-state index in [9.17, 15) is 0 Å². The highest BCUT2D eigenvalue weighted by molar-refractivity contribution is 6.33. The van der Waals surface area contributed by atoms with Crippen LogP contribution in [0.1, 0.15) is 0 Å². The minimum atomic E-state index is 0.374. The van der Waals surface area contributed by atoms with E-state index < -0.39 is 0 Å². The summed E-state index contributed by atoms with van der Waals surface area (Å²) in [5, 5.41) is 15.3. The van der Waals surface area contributed by atoms with Crippen molar-refractivity contribution in [2.24, 2.45) is 0 Å². The molecule has 5 nitrogen and oxygen atoms in total. The van der Waals surface area contributed by atoms with Gasteiger partial charge in [-0.3, -0.25) is 0 Å². The molecule has 0 fully saturated rings. The topological polar surface area (TPSA) is 62.7 Å². The molecule has 1 heterocycles. The second kappa shape index (κ2) is 6.60. The van der Waals surface area contributed by atoms with E-state index in [4.69, 9.17) is 23.2 Å². The van der Waals surface area contributed by atoms with Gasteiger partial charge in [0.2, 0.25) is 5.95 Å². The molecular weight excluding hydrogens is 321 g/mol. The first-order valence-electron chi connectivity index (χ1n) is 6.44. The van der Waals surface area contributed by atoms with Gasteiger partial charge in [0.1, 0.15) is 0 Å². The van der Waals surface area contributed by atoms with Crippen LogP contribution in [0.4, 0.5) is 23.1 Å². The molecular formula is C15H11Cl2N5. The van der Waals surface area contributed by atoms with Gasteiger partial charge in [-0.2, -0.15) is 10.1 Å². The van der Waals surface area contributed by atoms with Crippen molar-refractivity contribution < 1.29 is 0 Å².